The van der Waals surface area contributed by atoms with E-state index in [9.17, 15) is 4.79 Å². The molecule has 1 aliphatic rings. The number of carbonyl (C=O) groups is 1. The van der Waals surface area contributed by atoms with Gasteiger partial charge in [-0.25, -0.2) is 9.97 Å². The summed E-state index contributed by atoms with van der Waals surface area (Å²) in [5.41, 5.74) is 0.443. The van der Waals surface area contributed by atoms with Crippen LogP contribution in [0.3, 0.4) is 0 Å². The fraction of sp³-hybridized carbons (Fsp3) is 0.615. The van der Waals surface area contributed by atoms with Crippen LogP contribution in [0.5, 0.6) is 0 Å². The normalized spacial score (nSPS) is 14.8. The fourth-order valence-corrected chi connectivity index (χ4v) is 2.01. The smallest absolute Gasteiger partial charge is 0.274 e. The van der Waals surface area contributed by atoms with Gasteiger partial charge in [0.25, 0.3) is 5.91 Å². The van der Waals surface area contributed by atoms with Crippen molar-refractivity contribution in [3.63, 3.8) is 0 Å². The average Bonchev–Trinajstić information content (AvgIpc) is 2.93. The number of anilines is 1. The first-order chi connectivity index (χ1) is 8.81. The molecule has 5 nitrogen and oxygen atoms in total. The van der Waals surface area contributed by atoms with Crippen molar-refractivity contribution in [1.82, 2.24) is 14.9 Å². The summed E-state index contributed by atoms with van der Waals surface area (Å²) in [7, 11) is 0. The Balaban J connectivity index is 1.92. The van der Waals surface area contributed by atoms with E-state index >= 15 is 0 Å². The van der Waals surface area contributed by atoms with Gasteiger partial charge in [0.1, 0.15) is 11.5 Å². The van der Waals surface area contributed by atoms with E-state index in [1.807, 2.05) is 4.90 Å². The van der Waals surface area contributed by atoms with Crippen molar-refractivity contribution in [2.45, 2.75) is 32.6 Å². The molecule has 0 aromatic carbocycles. The highest BCUT2D eigenvalue weighted by atomic mass is 16.2. The lowest BCUT2D eigenvalue weighted by molar-refractivity contribution is 0.0786. The lowest BCUT2D eigenvalue weighted by Gasteiger charge is -2.14. The first-order valence-corrected chi connectivity index (χ1v) is 6.66. The first kappa shape index (κ1) is 12.8. The largest absolute Gasteiger partial charge is 0.369 e. The zero-order chi connectivity index (χ0) is 12.8. The molecular weight excluding hydrogens is 228 g/mol. The standard InChI is InChI=1S/C13H20N4O/c1-2-3-6-14-12-10-15-11(9-16-12)13(18)17-7-4-5-8-17/h9-10H,2-8H2,1H3,(H,14,16). The minimum atomic E-state index is 0.000100. The van der Waals surface area contributed by atoms with Crippen molar-refractivity contribution in [3.05, 3.63) is 18.1 Å². The van der Waals surface area contributed by atoms with Crippen molar-refractivity contribution in [1.29, 1.82) is 0 Å². The molecule has 5 heteroatoms. The number of hydrogen-bond donors (Lipinski definition) is 1. The number of likely N-dealkylation sites (tertiary alicyclic amines) is 1. The Morgan fingerprint density at radius 3 is 2.72 bits per heavy atom. The van der Waals surface area contributed by atoms with Crippen LogP contribution in [0, 0.1) is 0 Å². The van der Waals surface area contributed by atoms with Crippen LogP contribution < -0.4 is 5.32 Å². The predicted octanol–water partition coefficient (Wildman–Crippen LogP) is 1.92. The van der Waals surface area contributed by atoms with E-state index in [1.165, 1.54) is 0 Å². The van der Waals surface area contributed by atoms with Crippen molar-refractivity contribution in [2.24, 2.45) is 0 Å². The number of nitrogens with one attached hydrogen (secondary N) is 1. The Kier molecular flexibility index (Phi) is 4.50. The van der Waals surface area contributed by atoms with E-state index in [4.69, 9.17) is 0 Å². The maximum Gasteiger partial charge on any atom is 0.274 e. The van der Waals surface area contributed by atoms with Crippen LogP contribution in [0.4, 0.5) is 5.82 Å². The summed E-state index contributed by atoms with van der Waals surface area (Å²) in [4.78, 5) is 22.3. The molecule has 18 heavy (non-hydrogen) atoms. The van der Waals surface area contributed by atoms with Gasteiger partial charge in [0.05, 0.1) is 12.4 Å². The van der Waals surface area contributed by atoms with Gasteiger partial charge in [0, 0.05) is 19.6 Å². The molecule has 1 aromatic rings. The molecule has 0 unspecified atom stereocenters. The Morgan fingerprint density at radius 1 is 1.33 bits per heavy atom. The highest BCUT2D eigenvalue weighted by Crippen LogP contribution is 2.11. The van der Waals surface area contributed by atoms with Crippen molar-refractivity contribution < 1.29 is 4.79 Å². The molecule has 2 rings (SSSR count). The maximum atomic E-state index is 12.0. The SMILES string of the molecule is CCCCNc1cnc(C(=O)N2CCCC2)cn1. The average molecular weight is 248 g/mol. The molecule has 1 aliphatic heterocycles. The summed E-state index contributed by atoms with van der Waals surface area (Å²) in [6, 6.07) is 0. The van der Waals surface area contributed by atoms with Crippen LogP contribution in [0.15, 0.2) is 12.4 Å². The molecule has 1 amide bonds. The fourth-order valence-electron chi connectivity index (χ4n) is 2.01. The number of rotatable bonds is 5. The number of nitrogens with zero attached hydrogens (tertiary/aromatic N) is 3. The van der Waals surface area contributed by atoms with Crippen LogP contribution in [0.1, 0.15) is 43.1 Å². The van der Waals surface area contributed by atoms with Crippen LogP contribution in [0.2, 0.25) is 0 Å². The third kappa shape index (κ3) is 3.18. The van der Waals surface area contributed by atoms with E-state index in [2.05, 4.69) is 22.2 Å². The molecular formula is C13H20N4O. The summed E-state index contributed by atoms with van der Waals surface area (Å²) < 4.78 is 0. The van der Waals surface area contributed by atoms with E-state index < -0.39 is 0 Å². The Labute approximate surface area is 108 Å². The molecule has 2 heterocycles. The number of unbranched alkanes of at least 4 members (excludes halogenated alkanes) is 1. The third-order valence-corrected chi connectivity index (χ3v) is 3.10. The molecule has 98 valence electrons. The van der Waals surface area contributed by atoms with Gasteiger partial charge in [-0.1, -0.05) is 13.3 Å². The molecule has 0 atom stereocenters. The Bertz CT molecular complexity index is 384. The van der Waals surface area contributed by atoms with Gasteiger partial charge in [0.15, 0.2) is 0 Å². The van der Waals surface area contributed by atoms with Crippen LogP contribution in [-0.4, -0.2) is 40.4 Å². The molecule has 0 aliphatic carbocycles. The topological polar surface area (TPSA) is 58.1 Å². The molecule has 1 N–H and O–H groups in total. The van der Waals surface area contributed by atoms with Gasteiger partial charge in [-0.05, 0) is 19.3 Å². The second-order valence-corrected chi connectivity index (χ2v) is 4.57. The van der Waals surface area contributed by atoms with Crippen LogP contribution >= 0.6 is 0 Å². The lowest BCUT2D eigenvalue weighted by Crippen LogP contribution is -2.28. The van der Waals surface area contributed by atoms with Crippen molar-refractivity contribution in [2.75, 3.05) is 25.0 Å². The highest BCUT2D eigenvalue weighted by molar-refractivity contribution is 5.92. The zero-order valence-corrected chi connectivity index (χ0v) is 10.9. The van der Waals surface area contributed by atoms with Crippen molar-refractivity contribution in [3.8, 4) is 0 Å². The first-order valence-electron chi connectivity index (χ1n) is 6.66. The van der Waals surface area contributed by atoms with Gasteiger partial charge in [-0.15, -0.1) is 0 Å². The van der Waals surface area contributed by atoms with E-state index in [1.54, 1.807) is 12.4 Å². The monoisotopic (exact) mass is 248 g/mol. The van der Waals surface area contributed by atoms with E-state index in [-0.39, 0.29) is 5.91 Å². The third-order valence-electron chi connectivity index (χ3n) is 3.10. The maximum absolute atomic E-state index is 12.0. The summed E-state index contributed by atoms with van der Waals surface area (Å²) in [6.45, 7) is 4.73. The van der Waals surface area contributed by atoms with Crippen LogP contribution in [-0.2, 0) is 0 Å². The molecule has 1 saturated heterocycles. The quantitative estimate of drug-likeness (QED) is 0.809. The molecule has 0 saturated carbocycles. The summed E-state index contributed by atoms with van der Waals surface area (Å²) in [6.07, 6.45) is 7.64. The van der Waals surface area contributed by atoms with Crippen molar-refractivity contribution >= 4 is 11.7 Å². The highest BCUT2D eigenvalue weighted by Gasteiger charge is 2.20. The summed E-state index contributed by atoms with van der Waals surface area (Å²) in [5, 5.41) is 3.18. The van der Waals surface area contributed by atoms with Crippen LogP contribution in [0.25, 0.3) is 0 Å². The Hall–Kier alpha value is -1.65. The molecule has 0 radical (unpaired) electrons. The van der Waals surface area contributed by atoms with Gasteiger partial charge in [-0.3, -0.25) is 4.79 Å². The zero-order valence-electron chi connectivity index (χ0n) is 10.9. The number of hydrogen-bond acceptors (Lipinski definition) is 4. The summed E-state index contributed by atoms with van der Waals surface area (Å²) >= 11 is 0. The predicted molar refractivity (Wildman–Crippen MR) is 70.6 cm³/mol. The molecule has 1 fully saturated rings. The van der Waals surface area contributed by atoms with Gasteiger partial charge in [-0.2, -0.15) is 0 Å². The van der Waals surface area contributed by atoms with Gasteiger partial charge in [0.2, 0.25) is 0 Å². The lowest BCUT2D eigenvalue weighted by atomic mass is 10.3. The van der Waals surface area contributed by atoms with E-state index in [0.29, 0.717) is 5.69 Å². The second-order valence-electron chi connectivity index (χ2n) is 4.57. The second kappa shape index (κ2) is 6.33. The minimum Gasteiger partial charge on any atom is -0.369 e. The number of amides is 1. The molecule has 1 aromatic heterocycles. The molecule has 0 bridgehead atoms. The van der Waals surface area contributed by atoms with E-state index in [0.717, 1.165) is 51.1 Å². The minimum absolute atomic E-state index is 0.000100. The van der Waals surface area contributed by atoms with Gasteiger partial charge < -0.3 is 10.2 Å². The number of aromatic nitrogens is 2. The molecule has 0 spiro atoms. The van der Waals surface area contributed by atoms with Gasteiger partial charge >= 0.3 is 0 Å². The number of carbonyl (C=O) groups excluding carboxylic acids is 1. The Morgan fingerprint density at radius 2 is 2.11 bits per heavy atom. The summed E-state index contributed by atoms with van der Waals surface area (Å²) in [5.74, 6) is 0.738.